The van der Waals surface area contributed by atoms with Crippen LogP contribution in [0.25, 0.3) is 0 Å². The molecule has 0 amide bonds. The van der Waals surface area contributed by atoms with E-state index in [0.717, 1.165) is 5.56 Å². The van der Waals surface area contributed by atoms with Gasteiger partial charge in [-0.1, -0.05) is 30.3 Å². The Bertz CT molecular complexity index is 493. The van der Waals surface area contributed by atoms with Crippen molar-refractivity contribution in [2.45, 2.75) is 36.7 Å². The van der Waals surface area contributed by atoms with Crippen LogP contribution in [-0.2, 0) is 25.6 Å². The fourth-order valence-electron chi connectivity index (χ4n) is 2.71. The lowest BCUT2D eigenvalue weighted by atomic mass is 10.0. The Morgan fingerprint density at radius 2 is 2.00 bits per heavy atom. The lowest BCUT2D eigenvalue weighted by molar-refractivity contribution is -0.241. The number of fused-ring (bicyclic) bond motifs is 4. The third-order valence-electron chi connectivity index (χ3n) is 3.81. The van der Waals surface area contributed by atoms with Gasteiger partial charge in [0, 0.05) is 0 Å². The van der Waals surface area contributed by atoms with Gasteiger partial charge >= 0.3 is 0 Å². The van der Waals surface area contributed by atoms with Crippen molar-refractivity contribution in [3.05, 3.63) is 35.9 Å². The van der Waals surface area contributed by atoms with Crippen molar-refractivity contribution in [2.75, 3.05) is 6.61 Å². The normalized spacial score (nSPS) is 46.9. The lowest BCUT2D eigenvalue weighted by Crippen LogP contribution is -2.54. The fourth-order valence-corrected chi connectivity index (χ4v) is 2.71. The van der Waals surface area contributed by atoms with Gasteiger partial charge in [-0.25, -0.2) is 0 Å². The first-order valence-corrected chi connectivity index (χ1v) is 6.21. The van der Waals surface area contributed by atoms with Gasteiger partial charge < -0.3 is 29.2 Å². The van der Waals surface area contributed by atoms with Crippen LogP contribution in [0.4, 0.5) is 0 Å². The molecule has 19 heavy (non-hydrogen) atoms. The van der Waals surface area contributed by atoms with Gasteiger partial charge in [0.1, 0.15) is 12.2 Å². The second-order valence-electron chi connectivity index (χ2n) is 5.05. The molecule has 3 heterocycles. The van der Waals surface area contributed by atoms with Gasteiger partial charge in [-0.2, -0.15) is 0 Å². The molecule has 0 aromatic heterocycles. The molecule has 0 radical (unpaired) electrons. The lowest BCUT2D eigenvalue weighted by Gasteiger charge is -2.30. The van der Waals surface area contributed by atoms with E-state index in [4.69, 9.17) is 18.9 Å². The summed E-state index contributed by atoms with van der Waals surface area (Å²) in [7, 11) is 0. The van der Waals surface area contributed by atoms with Crippen molar-refractivity contribution in [3.63, 3.8) is 0 Å². The van der Waals surface area contributed by atoms with Crippen LogP contribution in [0.15, 0.2) is 30.3 Å². The SMILES string of the molecule is O[C@]12O[C@]1(O)[C@H](OCc1ccccc1)[C@H]1CO[C@@H]2O1. The molecular formula is C13H14O6. The molecule has 1 aromatic rings. The van der Waals surface area contributed by atoms with Gasteiger partial charge in [0.25, 0.3) is 11.6 Å². The van der Waals surface area contributed by atoms with E-state index in [1.165, 1.54) is 0 Å². The van der Waals surface area contributed by atoms with Crippen molar-refractivity contribution in [1.29, 1.82) is 0 Å². The number of epoxide rings is 1. The second kappa shape index (κ2) is 3.76. The van der Waals surface area contributed by atoms with E-state index in [1.54, 1.807) is 0 Å². The summed E-state index contributed by atoms with van der Waals surface area (Å²) in [6.07, 6.45) is -2.13. The van der Waals surface area contributed by atoms with Gasteiger partial charge in [0.05, 0.1) is 13.2 Å². The summed E-state index contributed by atoms with van der Waals surface area (Å²) in [5.41, 5.74) is 0.969. The number of aliphatic hydroxyl groups is 2. The average Bonchev–Trinajstić information content (AvgIpc) is 2.81. The average molecular weight is 266 g/mol. The number of hydrogen-bond donors (Lipinski definition) is 2. The highest BCUT2D eigenvalue weighted by Gasteiger charge is 2.84. The highest BCUT2D eigenvalue weighted by atomic mass is 16.9. The molecule has 6 heteroatoms. The molecule has 4 rings (SSSR count). The van der Waals surface area contributed by atoms with Crippen LogP contribution in [0.1, 0.15) is 5.56 Å². The van der Waals surface area contributed by atoms with Crippen molar-refractivity contribution in [2.24, 2.45) is 0 Å². The third kappa shape index (κ3) is 1.53. The van der Waals surface area contributed by atoms with Gasteiger partial charge in [0.2, 0.25) is 6.29 Å². The first kappa shape index (κ1) is 11.8. The molecule has 0 aliphatic carbocycles. The van der Waals surface area contributed by atoms with Crippen LogP contribution in [0.5, 0.6) is 0 Å². The quantitative estimate of drug-likeness (QED) is 0.733. The second-order valence-corrected chi connectivity index (χ2v) is 5.05. The Balaban J connectivity index is 1.52. The number of rotatable bonds is 3. The molecule has 3 aliphatic rings. The Kier molecular flexibility index (Phi) is 2.33. The molecule has 0 saturated carbocycles. The molecule has 2 bridgehead atoms. The summed E-state index contributed by atoms with van der Waals surface area (Å²) in [5.74, 6) is -3.53. The summed E-state index contributed by atoms with van der Waals surface area (Å²) in [6, 6.07) is 9.56. The Morgan fingerprint density at radius 1 is 1.21 bits per heavy atom. The highest BCUT2D eigenvalue weighted by molar-refractivity contribution is 5.17. The van der Waals surface area contributed by atoms with E-state index < -0.39 is 30.1 Å². The Labute approximate surface area is 109 Å². The zero-order valence-electron chi connectivity index (χ0n) is 10.1. The van der Waals surface area contributed by atoms with Crippen molar-refractivity contribution >= 4 is 0 Å². The van der Waals surface area contributed by atoms with Crippen molar-refractivity contribution in [1.82, 2.24) is 0 Å². The summed E-state index contributed by atoms with van der Waals surface area (Å²) in [4.78, 5) is 0. The van der Waals surface area contributed by atoms with Crippen LogP contribution in [0, 0.1) is 0 Å². The summed E-state index contributed by atoms with van der Waals surface area (Å²) in [5, 5.41) is 20.3. The van der Waals surface area contributed by atoms with Gasteiger partial charge in [-0.05, 0) is 5.56 Å². The number of benzene rings is 1. The van der Waals surface area contributed by atoms with E-state index in [0.29, 0.717) is 6.61 Å². The van der Waals surface area contributed by atoms with Crippen LogP contribution < -0.4 is 0 Å². The van der Waals surface area contributed by atoms with Crippen LogP contribution in [0.3, 0.4) is 0 Å². The van der Waals surface area contributed by atoms with Crippen molar-refractivity contribution in [3.8, 4) is 0 Å². The standard InChI is InChI=1S/C13H14O6/c14-12-10(16-6-8-4-2-1-3-5-8)9-7-17-11(18-9)13(12,15)19-12/h1-5,9-11,14-15H,6-7H2/t9-,10-,11-,12-,13-/m1/s1. The first-order valence-electron chi connectivity index (χ1n) is 6.21. The van der Waals surface area contributed by atoms with Crippen molar-refractivity contribution < 1.29 is 29.2 Å². The van der Waals surface area contributed by atoms with Gasteiger partial charge in [-0.15, -0.1) is 0 Å². The molecule has 1 aromatic carbocycles. The van der Waals surface area contributed by atoms with E-state index in [1.807, 2.05) is 30.3 Å². The van der Waals surface area contributed by atoms with Crippen LogP contribution in [-0.4, -0.2) is 46.9 Å². The minimum Gasteiger partial charge on any atom is -0.365 e. The molecule has 0 spiro atoms. The van der Waals surface area contributed by atoms with E-state index in [-0.39, 0.29) is 6.61 Å². The maximum absolute atomic E-state index is 10.3. The summed E-state index contributed by atoms with van der Waals surface area (Å²) >= 11 is 0. The minimum absolute atomic E-state index is 0.276. The van der Waals surface area contributed by atoms with Gasteiger partial charge in [-0.3, -0.25) is 0 Å². The highest BCUT2D eigenvalue weighted by Crippen LogP contribution is 2.57. The van der Waals surface area contributed by atoms with E-state index in [9.17, 15) is 10.2 Å². The zero-order chi connectivity index (χ0) is 13.1. The third-order valence-corrected chi connectivity index (χ3v) is 3.81. The number of ether oxygens (including phenoxy) is 4. The Morgan fingerprint density at radius 3 is 2.79 bits per heavy atom. The molecule has 5 atom stereocenters. The number of hydrogen-bond acceptors (Lipinski definition) is 6. The Hall–Kier alpha value is -1.02. The van der Waals surface area contributed by atoms with E-state index in [2.05, 4.69) is 0 Å². The van der Waals surface area contributed by atoms with E-state index >= 15 is 0 Å². The fraction of sp³-hybridized carbons (Fsp3) is 0.538. The van der Waals surface area contributed by atoms with Crippen LogP contribution >= 0.6 is 0 Å². The first-order chi connectivity index (χ1) is 9.13. The smallest absolute Gasteiger partial charge is 0.279 e. The molecule has 0 unspecified atom stereocenters. The monoisotopic (exact) mass is 266 g/mol. The van der Waals surface area contributed by atoms with Crippen LogP contribution in [0.2, 0.25) is 0 Å². The maximum Gasteiger partial charge on any atom is 0.279 e. The topological polar surface area (TPSA) is 80.7 Å². The predicted octanol–water partition coefficient (Wildman–Crippen LogP) is -0.266. The zero-order valence-corrected chi connectivity index (χ0v) is 10.1. The molecule has 2 N–H and O–H groups in total. The molecule has 102 valence electrons. The molecule has 6 nitrogen and oxygen atoms in total. The molecule has 3 saturated heterocycles. The maximum atomic E-state index is 10.3. The largest absolute Gasteiger partial charge is 0.365 e. The molecule has 3 aliphatic heterocycles. The molecular weight excluding hydrogens is 252 g/mol. The summed E-state index contributed by atoms with van der Waals surface area (Å²) < 4.78 is 21.4. The summed E-state index contributed by atoms with van der Waals surface area (Å²) in [6.45, 7) is 0.579. The predicted molar refractivity (Wildman–Crippen MR) is 60.6 cm³/mol. The minimum atomic E-state index is -1.80. The molecule has 3 fully saturated rings. The van der Waals surface area contributed by atoms with Gasteiger partial charge in [0.15, 0.2) is 0 Å².